The molecule has 28 heavy (non-hydrogen) atoms. The number of rotatable bonds is 6. The molecule has 0 bridgehead atoms. The molecular weight excluding hydrogens is 385 g/mol. The first-order valence-corrected chi connectivity index (χ1v) is 9.18. The lowest BCUT2D eigenvalue weighted by Crippen LogP contribution is -2.34. The molecule has 1 aliphatic rings. The third-order valence-electron chi connectivity index (χ3n) is 4.58. The second-order valence-corrected chi connectivity index (χ2v) is 6.92. The Labute approximate surface area is 166 Å². The van der Waals surface area contributed by atoms with Gasteiger partial charge in [-0.15, -0.1) is 0 Å². The Kier molecular flexibility index (Phi) is 5.94. The third kappa shape index (κ3) is 4.31. The van der Waals surface area contributed by atoms with Gasteiger partial charge in [-0.3, -0.25) is 14.5 Å². The summed E-state index contributed by atoms with van der Waals surface area (Å²) >= 11 is 5.69. The summed E-state index contributed by atoms with van der Waals surface area (Å²) in [5.41, 5.74) is 1.20. The van der Waals surface area contributed by atoms with Gasteiger partial charge in [0.2, 0.25) is 5.91 Å². The molecule has 0 radical (unpaired) electrons. The fourth-order valence-electron chi connectivity index (χ4n) is 3.06. The minimum Gasteiger partial charge on any atom is -0.326 e. The van der Waals surface area contributed by atoms with Crippen molar-refractivity contribution in [1.29, 1.82) is 0 Å². The molecule has 1 heterocycles. The van der Waals surface area contributed by atoms with Crippen molar-refractivity contribution in [3.8, 4) is 0 Å². The Balaban J connectivity index is 1.58. The van der Waals surface area contributed by atoms with E-state index in [0.717, 1.165) is 11.6 Å². The molecule has 2 aromatic rings. The zero-order chi connectivity index (χ0) is 20.3. The summed E-state index contributed by atoms with van der Waals surface area (Å²) in [6.45, 7) is 1.78. The van der Waals surface area contributed by atoms with E-state index < -0.39 is 23.9 Å². The molecule has 3 rings (SSSR count). The summed E-state index contributed by atoms with van der Waals surface area (Å²) in [6, 6.07) is 11.4. The maximum atomic E-state index is 13.2. The van der Waals surface area contributed by atoms with E-state index in [1.165, 1.54) is 17.0 Å². The third-order valence-corrected chi connectivity index (χ3v) is 4.87. The first kappa shape index (κ1) is 19.8. The fourth-order valence-corrected chi connectivity index (χ4v) is 3.24. The van der Waals surface area contributed by atoms with E-state index in [2.05, 4.69) is 10.6 Å². The van der Waals surface area contributed by atoms with Crippen molar-refractivity contribution < 1.29 is 18.8 Å². The molecule has 4 amide bonds. The predicted octanol–water partition coefficient (Wildman–Crippen LogP) is 3.88. The molecule has 0 saturated carbocycles. The molecule has 2 aromatic carbocycles. The van der Waals surface area contributed by atoms with Crippen LogP contribution in [0, 0.1) is 5.82 Å². The van der Waals surface area contributed by atoms with Crippen LogP contribution in [-0.4, -0.2) is 28.8 Å². The zero-order valence-corrected chi connectivity index (χ0v) is 15.9. The maximum Gasteiger partial charge on any atom is 0.325 e. The zero-order valence-electron chi connectivity index (χ0n) is 15.1. The lowest BCUT2D eigenvalue weighted by molar-refractivity contribution is -0.129. The quantitative estimate of drug-likeness (QED) is 0.718. The first-order chi connectivity index (χ1) is 13.4. The lowest BCUT2D eigenvalue weighted by atomic mass is 10.1. The van der Waals surface area contributed by atoms with Gasteiger partial charge >= 0.3 is 6.03 Å². The lowest BCUT2D eigenvalue weighted by Gasteiger charge is -2.21. The molecule has 0 aliphatic carbocycles. The number of anilines is 1. The molecule has 2 atom stereocenters. The molecule has 1 aliphatic heterocycles. The number of carbonyl (C=O) groups excluding carboxylic acids is 3. The molecule has 0 aromatic heterocycles. The van der Waals surface area contributed by atoms with Crippen LogP contribution in [-0.2, 0) is 9.59 Å². The van der Waals surface area contributed by atoms with Crippen LogP contribution in [0.15, 0.2) is 48.5 Å². The molecule has 8 heteroatoms. The van der Waals surface area contributed by atoms with Crippen LogP contribution >= 0.6 is 11.6 Å². The van der Waals surface area contributed by atoms with Gasteiger partial charge in [0.1, 0.15) is 11.9 Å². The molecular formula is C20H19ClFN3O3. The maximum absolute atomic E-state index is 13.2. The average molecular weight is 404 g/mol. The number of amides is 4. The normalized spacial score (nSPS) is 17.4. The topological polar surface area (TPSA) is 78.5 Å². The second-order valence-electron chi connectivity index (χ2n) is 6.51. The van der Waals surface area contributed by atoms with Crippen molar-refractivity contribution in [3.63, 3.8) is 0 Å². The Hall–Kier alpha value is -2.93. The van der Waals surface area contributed by atoms with Gasteiger partial charge in [0, 0.05) is 12.1 Å². The second kappa shape index (κ2) is 8.39. The van der Waals surface area contributed by atoms with Gasteiger partial charge in [0.15, 0.2) is 0 Å². The van der Waals surface area contributed by atoms with Gasteiger partial charge in [0.25, 0.3) is 5.91 Å². The van der Waals surface area contributed by atoms with Crippen LogP contribution in [0.5, 0.6) is 0 Å². The van der Waals surface area contributed by atoms with Crippen LogP contribution in [0.4, 0.5) is 14.9 Å². The van der Waals surface area contributed by atoms with Crippen LogP contribution in [0.2, 0.25) is 5.02 Å². The molecule has 2 N–H and O–H groups in total. The largest absolute Gasteiger partial charge is 0.326 e. The molecule has 1 saturated heterocycles. The van der Waals surface area contributed by atoms with Crippen LogP contribution in [0.3, 0.4) is 0 Å². The Morgan fingerprint density at radius 1 is 1.25 bits per heavy atom. The van der Waals surface area contributed by atoms with Gasteiger partial charge in [-0.25, -0.2) is 9.18 Å². The number of imide groups is 1. The minimum absolute atomic E-state index is 0.0131. The highest BCUT2D eigenvalue weighted by molar-refractivity contribution is 6.31. The van der Waals surface area contributed by atoms with E-state index in [1.807, 2.05) is 30.3 Å². The highest BCUT2D eigenvalue weighted by Crippen LogP contribution is 2.25. The average Bonchev–Trinajstić information content (AvgIpc) is 2.96. The van der Waals surface area contributed by atoms with E-state index in [4.69, 9.17) is 11.6 Å². The van der Waals surface area contributed by atoms with E-state index in [9.17, 15) is 18.8 Å². The summed E-state index contributed by atoms with van der Waals surface area (Å²) < 4.78 is 13.2. The molecule has 0 unspecified atom stereocenters. The summed E-state index contributed by atoms with van der Waals surface area (Å²) in [4.78, 5) is 38.2. The highest BCUT2D eigenvalue weighted by Gasteiger charge is 2.40. The van der Waals surface area contributed by atoms with Gasteiger partial charge in [-0.2, -0.15) is 0 Å². The predicted molar refractivity (Wildman–Crippen MR) is 103 cm³/mol. The summed E-state index contributed by atoms with van der Waals surface area (Å²) in [5, 5.41) is 5.12. The number of nitrogens with zero attached hydrogens (tertiary/aromatic N) is 1. The SMILES string of the molecule is C[C@H](c1ccccc1)N1C(=O)N[C@@H](CCC(=O)Nc2ccc(F)c(Cl)c2)C1=O. The van der Waals surface area contributed by atoms with E-state index in [-0.39, 0.29) is 29.7 Å². The number of halogens is 2. The Morgan fingerprint density at radius 3 is 2.64 bits per heavy atom. The van der Waals surface area contributed by atoms with Crippen molar-refractivity contribution in [1.82, 2.24) is 10.2 Å². The standard InChI is InChI=1S/C20H19ClFN3O3/c1-12(13-5-3-2-4-6-13)25-19(27)17(24-20(25)28)9-10-18(26)23-14-7-8-16(22)15(21)11-14/h2-8,11-12,17H,9-10H2,1H3,(H,23,26)(H,24,28)/t12-,17+/m1/s1. The summed E-state index contributed by atoms with van der Waals surface area (Å²) in [7, 11) is 0. The van der Waals surface area contributed by atoms with Gasteiger partial charge < -0.3 is 10.6 Å². The smallest absolute Gasteiger partial charge is 0.325 e. The van der Waals surface area contributed by atoms with Gasteiger partial charge in [0.05, 0.1) is 11.1 Å². The minimum atomic E-state index is -0.763. The van der Waals surface area contributed by atoms with Gasteiger partial charge in [-0.1, -0.05) is 41.9 Å². The van der Waals surface area contributed by atoms with Gasteiger partial charge in [-0.05, 0) is 37.1 Å². The van der Waals surface area contributed by atoms with E-state index >= 15 is 0 Å². The summed E-state index contributed by atoms with van der Waals surface area (Å²) in [6.07, 6.45) is 0.169. The van der Waals surface area contributed by atoms with Crippen molar-refractivity contribution in [3.05, 3.63) is 64.9 Å². The highest BCUT2D eigenvalue weighted by atomic mass is 35.5. The van der Waals surface area contributed by atoms with Crippen molar-refractivity contribution in [2.24, 2.45) is 0 Å². The molecule has 0 spiro atoms. The Morgan fingerprint density at radius 2 is 1.96 bits per heavy atom. The number of hydrogen-bond acceptors (Lipinski definition) is 3. The van der Waals surface area contributed by atoms with E-state index in [0.29, 0.717) is 5.69 Å². The number of hydrogen-bond donors (Lipinski definition) is 2. The van der Waals surface area contributed by atoms with Crippen LogP contribution in [0.25, 0.3) is 0 Å². The van der Waals surface area contributed by atoms with Crippen LogP contribution < -0.4 is 10.6 Å². The van der Waals surface area contributed by atoms with E-state index in [1.54, 1.807) is 6.92 Å². The van der Waals surface area contributed by atoms with Crippen LogP contribution in [0.1, 0.15) is 31.4 Å². The van der Waals surface area contributed by atoms with Crippen molar-refractivity contribution in [2.75, 3.05) is 5.32 Å². The number of urea groups is 1. The summed E-state index contributed by atoms with van der Waals surface area (Å²) in [5.74, 6) is -1.30. The number of benzene rings is 2. The van der Waals surface area contributed by atoms with Crippen molar-refractivity contribution >= 4 is 35.1 Å². The Bertz CT molecular complexity index is 907. The first-order valence-electron chi connectivity index (χ1n) is 8.80. The molecule has 1 fully saturated rings. The number of carbonyl (C=O) groups is 3. The van der Waals surface area contributed by atoms with Crippen molar-refractivity contribution in [2.45, 2.75) is 31.8 Å². The molecule has 146 valence electrons. The monoisotopic (exact) mass is 403 g/mol. The number of nitrogens with one attached hydrogen (secondary N) is 2. The molecule has 6 nitrogen and oxygen atoms in total. The fraction of sp³-hybridized carbons (Fsp3) is 0.250.